The monoisotopic (exact) mass is 234 g/mol. The molecule has 1 aliphatic rings. The lowest BCUT2D eigenvalue weighted by Gasteiger charge is -2.24. The highest BCUT2D eigenvalue weighted by molar-refractivity contribution is 7.80. The first-order valence-corrected chi connectivity index (χ1v) is 6.33. The van der Waals surface area contributed by atoms with E-state index in [-0.39, 0.29) is 0 Å². The van der Waals surface area contributed by atoms with Crippen LogP contribution >= 0.6 is 12.2 Å². The molecule has 0 aliphatic carbocycles. The maximum absolute atomic E-state index is 5.35. The fraction of sp³-hybridized carbons (Fsp3) is 0.462. The van der Waals surface area contributed by atoms with Gasteiger partial charge in [-0.3, -0.25) is 0 Å². The van der Waals surface area contributed by atoms with E-state index in [2.05, 4.69) is 47.5 Å². The van der Waals surface area contributed by atoms with Crippen LogP contribution in [-0.2, 0) is 0 Å². The molecule has 1 heterocycles. The van der Waals surface area contributed by atoms with E-state index in [1.807, 2.05) is 0 Å². The molecule has 1 aromatic carbocycles. The van der Waals surface area contributed by atoms with Crippen LogP contribution in [0.15, 0.2) is 30.3 Å². The fourth-order valence-electron chi connectivity index (χ4n) is 2.10. The number of unbranched alkanes of at least 4 members (excludes halogenated alkanes) is 1. The van der Waals surface area contributed by atoms with Gasteiger partial charge in [-0.2, -0.15) is 0 Å². The SMILES string of the molecule is CCCCN1C(=S)NC[C@@H]1c1ccccc1. The molecule has 0 saturated carbocycles. The quantitative estimate of drug-likeness (QED) is 0.806. The van der Waals surface area contributed by atoms with Crippen LogP contribution in [0.3, 0.4) is 0 Å². The van der Waals surface area contributed by atoms with Crippen LogP contribution in [0.2, 0.25) is 0 Å². The standard InChI is InChI=1S/C13H18N2S/c1-2-3-9-15-12(10-14-13(15)16)11-7-5-4-6-8-11/h4-8,12H,2-3,9-10H2,1H3,(H,14,16)/t12-/m1/s1. The van der Waals surface area contributed by atoms with E-state index in [1.54, 1.807) is 0 Å². The molecule has 1 aliphatic heterocycles. The Bertz CT molecular complexity index is 350. The van der Waals surface area contributed by atoms with Crippen molar-refractivity contribution in [2.75, 3.05) is 13.1 Å². The number of thiocarbonyl (C=S) groups is 1. The minimum absolute atomic E-state index is 0.417. The molecule has 1 N–H and O–H groups in total. The summed E-state index contributed by atoms with van der Waals surface area (Å²) in [4.78, 5) is 2.31. The van der Waals surface area contributed by atoms with E-state index < -0.39 is 0 Å². The van der Waals surface area contributed by atoms with E-state index >= 15 is 0 Å². The minimum atomic E-state index is 0.417. The summed E-state index contributed by atoms with van der Waals surface area (Å²) in [5.74, 6) is 0. The van der Waals surface area contributed by atoms with Crippen LogP contribution < -0.4 is 5.32 Å². The normalized spacial score (nSPS) is 19.9. The average molecular weight is 234 g/mol. The molecule has 3 heteroatoms. The number of rotatable bonds is 4. The summed E-state index contributed by atoms with van der Waals surface area (Å²) in [5.41, 5.74) is 1.35. The van der Waals surface area contributed by atoms with Crippen molar-refractivity contribution in [2.45, 2.75) is 25.8 Å². The Hall–Kier alpha value is -1.09. The van der Waals surface area contributed by atoms with Gasteiger partial charge in [-0.05, 0) is 24.2 Å². The van der Waals surface area contributed by atoms with Crippen molar-refractivity contribution in [3.8, 4) is 0 Å². The minimum Gasteiger partial charge on any atom is -0.360 e. The van der Waals surface area contributed by atoms with E-state index in [4.69, 9.17) is 12.2 Å². The Morgan fingerprint density at radius 1 is 1.38 bits per heavy atom. The number of nitrogens with one attached hydrogen (secondary N) is 1. The van der Waals surface area contributed by atoms with Gasteiger partial charge in [0.25, 0.3) is 0 Å². The summed E-state index contributed by atoms with van der Waals surface area (Å²) in [5, 5.41) is 4.19. The van der Waals surface area contributed by atoms with Gasteiger partial charge in [-0.25, -0.2) is 0 Å². The van der Waals surface area contributed by atoms with Gasteiger partial charge in [0, 0.05) is 13.1 Å². The third-order valence-corrected chi connectivity index (χ3v) is 3.40. The maximum Gasteiger partial charge on any atom is 0.169 e. The lowest BCUT2D eigenvalue weighted by molar-refractivity contribution is 0.353. The van der Waals surface area contributed by atoms with Crippen molar-refractivity contribution in [3.05, 3.63) is 35.9 Å². The first-order valence-electron chi connectivity index (χ1n) is 5.92. The van der Waals surface area contributed by atoms with Crippen molar-refractivity contribution >= 4 is 17.3 Å². The predicted octanol–water partition coefficient (Wildman–Crippen LogP) is 2.72. The highest BCUT2D eigenvalue weighted by Crippen LogP contribution is 2.24. The topological polar surface area (TPSA) is 15.3 Å². The molecule has 1 atom stereocenters. The molecule has 16 heavy (non-hydrogen) atoms. The summed E-state index contributed by atoms with van der Waals surface area (Å²) in [7, 11) is 0. The summed E-state index contributed by atoms with van der Waals surface area (Å²) in [6.45, 7) is 4.21. The zero-order valence-corrected chi connectivity index (χ0v) is 10.5. The molecule has 2 nitrogen and oxygen atoms in total. The zero-order chi connectivity index (χ0) is 11.4. The molecule has 1 aromatic rings. The van der Waals surface area contributed by atoms with Gasteiger partial charge < -0.3 is 10.2 Å². The van der Waals surface area contributed by atoms with Crippen LogP contribution in [0.5, 0.6) is 0 Å². The molecule has 86 valence electrons. The first kappa shape index (κ1) is 11.4. The van der Waals surface area contributed by atoms with Crippen molar-refractivity contribution in [1.82, 2.24) is 10.2 Å². The van der Waals surface area contributed by atoms with Crippen molar-refractivity contribution in [2.24, 2.45) is 0 Å². The van der Waals surface area contributed by atoms with E-state index in [0.29, 0.717) is 6.04 Å². The highest BCUT2D eigenvalue weighted by Gasteiger charge is 2.27. The molecular weight excluding hydrogens is 216 g/mol. The van der Waals surface area contributed by atoms with Crippen molar-refractivity contribution in [3.63, 3.8) is 0 Å². The molecule has 0 bridgehead atoms. The summed E-state index contributed by atoms with van der Waals surface area (Å²) >= 11 is 5.35. The second-order valence-corrected chi connectivity index (χ2v) is 4.55. The Morgan fingerprint density at radius 2 is 2.12 bits per heavy atom. The average Bonchev–Trinajstić information content (AvgIpc) is 2.69. The summed E-state index contributed by atoms with van der Waals surface area (Å²) in [6.07, 6.45) is 2.41. The van der Waals surface area contributed by atoms with E-state index in [1.165, 1.54) is 18.4 Å². The van der Waals surface area contributed by atoms with Gasteiger partial charge in [0.1, 0.15) is 0 Å². The molecule has 1 saturated heterocycles. The smallest absolute Gasteiger partial charge is 0.169 e. The third-order valence-electron chi connectivity index (χ3n) is 3.02. The van der Waals surface area contributed by atoms with Crippen LogP contribution in [0.4, 0.5) is 0 Å². The van der Waals surface area contributed by atoms with Gasteiger partial charge in [-0.15, -0.1) is 0 Å². The summed E-state index contributed by atoms with van der Waals surface area (Å²) < 4.78 is 0. The second kappa shape index (κ2) is 5.30. The number of nitrogens with zero attached hydrogens (tertiary/aromatic N) is 1. The third kappa shape index (κ3) is 2.35. The van der Waals surface area contributed by atoms with Gasteiger partial charge in [-0.1, -0.05) is 43.7 Å². The maximum atomic E-state index is 5.35. The second-order valence-electron chi connectivity index (χ2n) is 4.16. The van der Waals surface area contributed by atoms with E-state index in [9.17, 15) is 0 Å². The van der Waals surface area contributed by atoms with E-state index in [0.717, 1.165) is 18.2 Å². The largest absolute Gasteiger partial charge is 0.360 e. The number of benzene rings is 1. The van der Waals surface area contributed by atoms with Gasteiger partial charge in [0.05, 0.1) is 6.04 Å². The van der Waals surface area contributed by atoms with Gasteiger partial charge in [0.15, 0.2) is 5.11 Å². The van der Waals surface area contributed by atoms with Gasteiger partial charge in [0.2, 0.25) is 0 Å². The molecule has 0 spiro atoms. The van der Waals surface area contributed by atoms with Crippen molar-refractivity contribution < 1.29 is 0 Å². The highest BCUT2D eigenvalue weighted by atomic mass is 32.1. The Kier molecular flexibility index (Phi) is 3.78. The van der Waals surface area contributed by atoms with Crippen LogP contribution in [0.1, 0.15) is 31.4 Å². The lowest BCUT2D eigenvalue weighted by Crippen LogP contribution is -2.30. The zero-order valence-electron chi connectivity index (χ0n) is 9.65. The molecular formula is C13H18N2S. The van der Waals surface area contributed by atoms with Crippen molar-refractivity contribution in [1.29, 1.82) is 0 Å². The predicted molar refractivity (Wildman–Crippen MR) is 71.4 cm³/mol. The van der Waals surface area contributed by atoms with Crippen LogP contribution in [0, 0.1) is 0 Å². The Balaban J connectivity index is 2.11. The molecule has 0 radical (unpaired) electrons. The summed E-state index contributed by atoms with van der Waals surface area (Å²) in [6, 6.07) is 11.0. The molecule has 2 rings (SSSR count). The molecule has 0 amide bonds. The first-order chi connectivity index (χ1) is 7.83. The van der Waals surface area contributed by atoms with Crippen LogP contribution in [0.25, 0.3) is 0 Å². The number of hydrogen-bond donors (Lipinski definition) is 1. The Morgan fingerprint density at radius 3 is 2.81 bits per heavy atom. The fourth-order valence-corrected chi connectivity index (χ4v) is 2.40. The lowest BCUT2D eigenvalue weighted by atomic mass is 10.1. The number of hydrogen-bond acceptors (Lipinski definition) is 1. The molecule has 0 unspecified atom stereocenters. The van der Waals surface area contributed by atoms with Crippen LogP contribution in [-0.4, -0.2) is 23.1 Å². The molecule has 1 fully saturated rings. The van der Waals surface area contributed by atoms with Gasteiger partial charge >= 0.3 is 0 Å². The Labute approximate surface area is 103 Å². The molecule has 0 aromatic heterocycles.